The number of furan rings is 1. The van der Waals surface area contributed by atoms with Gasteiger partial charge in [-0.25, -0.2) is 0 Å². The maximum absolute atomic E-state index is 6.36. The Labute approximate surface area is 133 Å². The summed E-state index contributed by atoms with van der Waals surface area (Å²) in [5.74, 6) is 0.889. The molecule has 0 radical (unpaired) electrons. The summed E-state index contributed by atoms with van der Waals surface area (Å²) in [4.78, 5) is 3.30. The molecule has 0 bridgehead atoms. The molecular formula is C16H17ClN2OS. The number of allylic oxidation sites excluding steroid dienone is 2. The molecule has 2 N–H and O–H groups in total. The summed E-state index contributed by atoms with van der Waals surface area (Å²) < 4.78 is 5.43. The second-order valence-corrected chi connectivity index (χ2v) is 6.70. The Balaban J connectivity index is 1.80. The first-order chi connectivity index (χ1) is 10.2. The number of nitrogens with two attached hydrogens (primary N) is 1. The molecule has 0 fully saturated rings. The Morgan fingerprint density at radius 3 is 3.10 bits per heavy atom. The normalized spacial score (nSPS) is 22.3. The Morgan fingerprint density at radius 1 is 1.52 bits per heavy atom. The third-order valence-corrected chi connectivity index (χ3v) is 5.06. The van der Waals surface area contributed by atoms with Gasteiger partial charge >= 0.3 is 0 Å². The molecule has 3 heterocycles. The molecule has 0 amide bonds. The number of halogens is 1. The topological polar surface area (TPSA) is 42.4 Å². The van der Waals surface area contributed by atoms with Crippen LogP contribution in [0.3, 0.4) is 0 Å². The third kappa shape index (κ3) is 3.12. The van der Waals surface area contributed by atoms with E-state index in [-0.39, 0.29) is 6.04 Å². The number of nitrogens with zero attached hydrogens (tertiary/aromatic N) is 1. The van der Waals surface area contributed by atoms with Gasteiger partial charge in [0.2, 0.25) is 0 Å². The van der Waals surface area contributed by atoms with Gasteiger partial charge in [0, 0.05) is 16.2 Å². The summed E-state index contributed by atoms with van der Waals surface area (Å²) in [7, 11) is 0. The Kier molecular flexibility index (Phi) is 4.29. The maximum Gasteiger partial charge on any atom is 0.123 e. The lowest BCUT2D eigenvalue weighted by Gasteiger charge is -2.27. The number of hydrogen-bond donors (Lipinski definition) is 1. The minimum Gasteiger partial charge on any atom is -0.467 e. The zero-order valence-corrected chi connectivity index (χ0v) is 13.1. The molecule has 0 saturated heterocycles. The second-order valence-electron chi connectivity index (χ2n) is 5.03. The van der Waals surface area contributed by atoms with E-state index in [0.717, 1.165) is 17.9 Å². The van der Waals surface area contributed by atoms with E-state index in [1.165, 1.54) is 4.91 Å². The largest absolute Gasteiger partial charge is 0.467 e. The Morgan fingerprint density at radius 2 is 2.38 bits per heavy atom. The minimum atomic E-state index is 0.0158. The van der Waals surface area contributed by atoms with Crippen molar-refractivity contribution < 1.29 is 4.42 Å². The van der Waals surface area contributed by atoms with Crippen molar-refractivity contribution in [2.24, 2.45) is 5.73 Å². The lowest BCUT2D eigenvalue weighted by molar-refractivity contribution is 0.385. The lowest BCUT2D eigenvalue weighted by Crippen LogP contribution is -2.21. The van der Waals surface area contributed by atoms with Crippen LogP contribution in [-0.2, 0) is 6.54 Å². The van der Waals surface area contributed by atoms with Crippen LogP contribution >= 0.6 is 23.4 Å². The summed E-state index contributed by atoms with van der Waals surface area (Å²) in [5.41, 5.74) is 7.11. The van der Waals surface area contributed by atoms with Gasteiger partial charge < -0.3 is 15.1 Å². The highest BCUT2D eigenvalue weighted by atomic mass is 35.5. The van der Waals surface area contributed by atoms with E-state index in [2.05, 4.69) is 23.6 Å². The molecule has 5 heteroatoms. The van der Waals surface area contributed by atoms with E-state index in [4.69, 9.17) is 21.8 Å². The molecule has 2 aliphatic heterocycles. The molecule has 0 spiro atoms. The van der Waals surface area contributed by atoms with Crippen molar-refractivity contribution in [3.63, 3.8) is 0 Å². The standard InChI is InChI=1S/C16H17ClN2OS/c1-2-11(18)8-13-9-14-15(21-13)5-6-16(17)19(14)10-12-4-3-7-20-12/h2-7,9,11,13H,1,8,10,18H2/t11-,13?/m0/s1. The highest BCUT2D eigenvalue weighted by molar-refractivity contribution is 8.04. The van der Waals surface area contributed by atoms with E-state index in [9.17, 15) is 0 Å². The zero-order valence-electron chi connectivity index (χ0n) is 11.5. The average Bonchev–Trinajstić information content (AvgIpc) is 3.11. The van der Waals surface area contributed by atoms with Crippen LogP contribution in [0.15, 0.2) is 69.5 Å². The van der Waals surface area contributed by atoms with Crippen molar-refractivity contribution >= 4 is 23.4 Å². The fourth-order valence-electron chi connectivity index (χ4n) is 2.41. The molecule has 0 aromatic carbocycles. The Hall–Kier alpha value is -1.36. The van der Waals surface area contributed by atoms with E-state index >= 15 is 0 Å². The first kappa shape index (κ1) is 14.6. The summed E-state index contributed by atoms with van der Waals surface area (Å²) >= 11 is 8.18. The van der Waals surface area contributed by atoms with Crippen molar-refractivity contribution in [1.82, 2.24) is 4.90 Å². The highest BCUT2D eigenvalue weighted by Gasteiger charge is 2.30. The SMILES string of the molecule is C=C[C@H](N)CC1C=C2C(=CC=C(Cl)N2Cc2ccco2)S1. The summed E-state index contributed by atoms with van der Waals surface area (Å²) in [6, 6.07) is 3.86. The van der Waals surface area contributed by atoms with Crippen LogP contribution in [-0.4, -0.2) is 16.2 Å². The van der Waals surface area contributed by atoms with E-state index in [1.807, 2.05) is 30.0 Å². The highest BCUT2D eigenvalue weighted by Crippen LogP contribution is 2.44. The lowest BCUT2D eigenvalue weighted by atomic mass is 10.1. The predicted molar refractivity (Wildman–Crippen MR) is 88.5 cm³/mol. The number of hydrogen-bond acceptors (Lipinski definition) is 4. The molecule has 2 atom stereocenters. The quantitative estimate of drug-likeness (QED) is 0.658. The number of fused-ring (bicyclic) bond motifs is 1. The third-order valence-electron chi connectivity index (χ3n) is 3.50. The van der Waals surface area contributed by atoms with Crippen molar-refractivity contribution in [3.8, 4) is 0 Å². The fraction of sp³-hybridized carbons (Fsp3) is 0.250. The van der Waals surface area contributed by atoms with E-state index in [1.54, 1.807) is 12.3 Å². The molecular weight excluding hydrogens is 304 g/mol. The van der Waals surface area contributed by atoms with Crippen LogP contribution in [0.4, 0.5) is 0 Å². The Bertz CT molecular complexity index is 618. The second kappa shape index (κ2) is 6.18. The van der Waals surface area contributed by atoms with Gasteiger partial charge in [-0.05, 0) is 36.8 Å². The first-order valence-electron chi connectivity index (χ1n) is 6.82. The molecule has 21 heavy (non-hydrogen) atoms. The summed E-state index contributed by atoms with van der Waals surface area (Å²) in [5, 5.41) is 1.06. The first-order valence-corrected chi connectivity index (χ1v) is 8.07. The van der Waals surface area contributed by atoms with Crippen molar-refractivity contribution in [1.29, 1.82) is 0 Å². The molecule has 1 aromatic rings. The summed E-state index contributed by atoms with van der Waals surface area (Å²) in [6.45, 7) is 4.38. The van der Waals surface area contributed by atoms with Gasteiger partial charge in [-0.15, -0.1) is 18.3 Å². The summed E-state index contributed by atoms with van der Waals surface area (Å²) in [6.07, 6.45) is 10.6. The zero-order chi connectivity index (χ0) is 14.8. The molecule has 110 valence electrons. The van der Waals surface area contributed by atoms with Crippen LogP contribution in [0.1, 0.15) is 12.2 Å². The van der Waals surface area contributed by atoms with Crippen LogP contribution < -0.4 is 5.73 Å². The predicted octanol–water partition coefficient (Wildman–Crippen LogP) is 3.96. The van der Waals surface area contributed by atoms with Crippen molar-refractivity contribution in [3.05, 3.63) is 70.8 Å². The molecule has 1 aromatic heterocycles. The van der Waals surface area contributed by atoms with E-state index < -0.39 is 0 Å². The van der Waals surface area contributed by atoms with Crippen LogP contribution in [0.5, 0.6) is 0 Å². The van der Waals surface area contributed by atoms with Gasteiger partial charge in [0.1, 0.15) is 10.9 Å². The van der Waals surface area contributed by atoms with Gasteiger partial charge in [-0.3, -0.25) is 0 Å². The maximum atomic E-state index is 6.36. The van der Waals surface area contributed by atoms with Crippen LogP contribution in [0, 0.1) is 0 Å². The number of thioether (sulfide) groups is 1. The minimum absolute atomic E-state index is 0.0158. The van der Waals surface area contributed by atoms with Crippen LogP contribution in [0.25, 0.3) is 0 Å². The van der Waals surface area contributed by atoms with Crippen molar-refractivity contribution in [2.75, 3.05) is 0 Å². The van der Waals surface area contributed by atoms with Gasteiger partial charge in [-0.2, -0.15) is 0 Å². The molecule has 2 aliphatic rings. The fourth-order valence-corrected chi connectivity index (χ4v) is 3.91. The van der Waals surface area contributed by atoms with Crippen molar-refractivity contribution in [2.45, 2.75) is 24.3 Å². The van der Waals surface area contributed by atoms with Gasteiger partial charge in [-0.1, -0.05) is 17.7 Å². The van der Waals surface area contributed by atoms with Gasteiger partial charge in [0.25, 0.3) is 0 Å². The monoisotopic (exact) mass is 320 g/mol. The number of rotatable bonds is 5. The van der Waals surface area contributed by atoms with Crippen LogP contribution in [0.2, 0.25) is 0 Å². The van der Waals surface area contributed by atoms with Gasteiger partial charge in [0.05, 0.1) is 18.5 Å². The van der Waals surface area contributed by atoms with Gasteiger partial charge in [0.15, 0.2) is 0 Å². The smallest absolute Gasteiger partial charge is 0.123 e. The molecule has 3 rings (SSSR count). The molecule has 1 unspecified atom stereocenters. The molecule has 0 aliphatic carbocycles. The van der Waals surface area contributed by atoms with E-state index in [0.29, 0.717) is 17.0 Å². The molecule has 3 nitrogen and oxygen atoms in total. The molecule has 0 saturated carbocycles. The average molecular weight is 321 g/mol.